The van der Waals surface area contributed by atoms with E-state index in [1.807, 2.05) is 31.2 Å². The number of cyclic esters (lactones) is 1. The molecule has 1 aromatic carbocycles. The van der Waals surface area contributed by atoms with Gasteiger partial charge in [0.15, 0.2) is 5.60 Å². The van der Waals surface area contributed by atoms with Crippen molar-refractivity contribution in [1.82, 2.24) is 4.90 Å². The Bertz CT molecular complexity index is 418. The zero-order valence-corrected chi connectivity index (χ0v) is 9.69. The van der Waals surface area contributed by atoms with E-state index in [0.717, 1.165) is 11.3 Å². The van der Waals surface area contributed by atoms with Gasteiger partial charge in [0.25, 0.3) is 0 Å². The molecule has 1 unspecified atom stereocenters. The van der Waals surface area contributed by atoms with Crippen LogP contribution in [0.15, 0.2) is 24.3 Å². The Hall–Kier alpha value is -1.71. The Morgan fingerprint density at radius 2 is 2.12 bits per heavy atom. The number of likely N-dealkylation sites (N-methyl/N-ethyl adjacent to an activating group) is 1. The number of methoxy groups -OCH3 is 1. The van der Waals surface area contributed by atoms with E-state index in [9.17, 15) is 4.79 Å². The van der Waals surface area contributed by atoms with Crippen LogP contribution in [-0.2, 0) is 10.3 Å². The molecule has 0 bridgehead atoms. The smallest absolute Gasteiger partial charge is 0.410 e. The number of ether oxygens (including phenoxy) is 2. The minimum atomic E-state index is -0.627. The van der Waals surface area contributed by atoms with Crippen LogP contribution in [0.25, 0.3) is 0 Å². The highest BCUT2D eigenvalue weighted by molar-refractivity contribution is 5.71. The molecule has 1 amide bonds. The molecular weight excluding hydrogens is 206 g/mol. The number of carbonyl (C=O) groups is 1. The molecule has 86 valence electrons. The minimum absolute atomic E-state index is 0.298. The Balaban J connectivity index is 2.40. The number of hydrogen-bond donors (Lipinski definition) is 0. The monoisotopic (exact) mass is 221 g/mol. The molecule has 0 aromatic heterocycles. The first kappa shape index (κ1) is 10.8. The lowest BCUT2D eigenvalue weighted by molar-refractivity contribution is 0.0681. The quantitative estimate of drug-likeness (QED) is 0.766. The zero-order chi connectivity index (χ0) is 11.8. The maximum absolute atomic E-state index is 11.4. The zero-order valence-electron chi connectivity index (χ0n) is 9.69. The molecule has 4 nitrogen and oxygen atoms in total. The molecule has 1 heterocycles. The van der Waals surface area contributed by atoms with Crippen LogP contribution < -0.4 is 4.74 Å². The van der Waals surface area contributed by atoms with E-state index >= 15 is 0 Å². The van der Waals surface area contributed by atoms with Crippen molar-refractivity contribution < 1.29 is 14.3 Å². The van der Waals surface area contributed by atoms with E-state index in [0.29, 0.717) is 6.54 Å². The van der Waals surface area contributed by atoms with Crippen molar-refractivity contribution in [2.75, 3.05) is 20.7 Å². The summed E-state index contributed by atoms with van der Waals surface area (Å²) in [5.41, 5.74) is 0.272. The van der Waals surface area contributed by atoms with Gasteiger partial charge in [0.1, 0.15) is 5.75 Å². The molecule has 1 aromatic rings. The summed E-state index contributed by atoms with van der Waals surface area (Å²) >= 11 is 0. The molecule has 1 aliphatic heterocycles. The molecule has 2 rings (SSSR count). The third-order valence-electron chi connectivity index (χ3n) is 2.84. The third kappa shape index (κ3) is 1.60. The Morgan fingerprint density at radius 3 is 2.69 bits per heavy atom. The van der Waals surface area contributed by atoms with E-state index in [4.69, 9.17) is 9.47 Å². The lowest BCUT2D eigenvalue weighted by Crippen LogP contribution is -2.27. The van der Waals surface area contributed by atoms with Crippen LogP contribution in [0.2, 0.25) is 0 Å². The summed E-state index contributed by atoms with van der Waals surface area (Å²) in [6.45, 7) is 2.43. The molecule has 1 aliphatic rings. The summed E-state index contributed by atoms with van der Waals surface area (Å²) in [4.78, 5) is 13.0. The lowest BCUT2D eigenvalue weighted by atomic mass is 9.95. The molecule has 4 heteroatoms. The van der Waals surface area contributed by atoms with Crippen molar-refractivity contribution in [3.05, 3.63) is 29.8 Å². The molecule has 1 atom stereocenters. The number of nitrogens with zero attached hydrogens (tertiary/aromatic N) is 1. The topological polar surface area (TPSA) is 38.8 Å². The van der Waals surface area contributed by atoms with Crippen molar-refractivity contribution >= 4 is 6.09 Å². The molecule has 0 aliphatic carbocycles. The Morgan fingerprint density at radius 1 is 1.44 bits per heavy atom. The number of para-hydroxylation sites is 1. The van der Waals surface area contributed by atoms with Gasteiger partial charge < -0.3 is 14.4 Å². The van der Waals surface area contributed by atoms with Crippen molar-refractivity contribution in [3.8, 4) is 5.75 Å². The maximum atomic E-state index is 11.4. The van der Waals surface area contributed by atoms with E-state index < -0.39 is 5.60 Å². The number of benzene rings is 1. The molecule has 0 N–H and O–H groups in total. The fourth-order valence-electron chi connectivity index (χ4n) is 2.04. The second kappa shape index (κ2) is 3.70. The summed E-state index contributed by atoms with van der Waals surface area (Å²) < 4.78 is 10.7. The summed E-state index contributed by atoms with van der Waals surface area (Å²) in [6.07, 6.45) is -0.298. The van der Waals surface area contributed by atoms with Crippen LogP contribution in [0.4, 0.5) is 4.79 Å². The van der Waals surface area contributed by atoms with Crippen LogP contribution in [0, 0.1) is 0 Å². The van der Waals surface area contributed by atoms with Gasteiger partial charge in [0, 0.05) is 12.6 Å². The third-order valence-corrected chi connectivity index (χ3v) is 2.84. The van der Waals surface area contributed by atoms with Crippen molar-refractivity contribution in [2.24, 2.45) is 0 Å². The summed E-state index contributed by atoms with van der Waals surface area (Å²) in [5.74, 6) is 0.744. The molecular formula is C12H15NO3. The average molecular weight is 221 g/mol. The highest BCUT2D eigenvalue weighted by Crippen LogP contribution is 2.37. The van der Waals surface area contributed by atoms with E-state index in [-0.39, 0.29) is 6.09 Å². The van der Waals surface area contributed by atoms with Gasteiger partial charge in [-0.15, -0.1) is 0 Å². The Labute approximate surface area is 94.8 Å². The molecule has 1 saturated heterocycles. The number of hydrogen-bond acceptors (Lipinski definition) is 3. The second-order valence-corrected chi connectivity index (χ2v) is 4.16. The first-order valence-corrected chi connectivity index (χ1v) is 5.14. The molecule has 0 radical (unpaired) electrons. The average Bonchev–Trinajstić information content (AvgIpc) is 2.54. The first-order chi connectivity index (χ1) is 7.57. The first-order valence-electron chi connectivity index (χ1n) is 5.14. The fourth-order valence-corrected chi connectivity index (χ4v) is 2.04. The van der Waals surface area contributed by atoms with Crippen LogP contribution >= 0.6 is 0 Å². The van der Waals surface area contributed by atoms with Crippen molar-refractivity contribution in [3.63, 3.8) is 0 Å². The van der Waals surface area contributed by atoms with Crippen LogP contribution in [0.3, 0.4) is 0 Å². The van der Waals surface area contributed by atoms with E-state index in [1.165, 1.54) is 0 Å². The second-order valence-electron chi connectivity index (χ2n) is 4.16. The molecule has 1 fully saturated rings. The van der Waals surface area contributed by atoms with Gasteiger partial charge in [-0.3, -0.25) is 0 Å². The normalized spacial score (nSPS) is 24.4. The fraction of sp³-hybridized carbons (Fsp3) is 0.417. The van der Waals surface area contributed by atoms with Gasteiger partial charge in [-0.05, 0) is 13.0 Å². The largest absolute Gasteiger partial charge is 0.496 e. The van der Waals surface area contributed by atoms with Crippen LogP contribution in [-0.4, -0.2) is 31.7 Å². The standard InChI is InChI=1S/C12H15NO3/c1-12(8-13(2)11(14)16-12)9-6-4-5-7-10(9)15-3/h4-7H,8H2,1-3H3. The Kier molecular flexibility index (Phi) is 2.50. The SMILES string of the molecule is COc1ccccc1C1(C)CN(C)C(=O)O1. The van der Waals surface area contributed by atoms with Crippen LogP contribution in [0.5, 0.6) is 5.75 Å². The molecule has 0 spiro atoms. The highest BCUT2D eigenvalue weighted by Gasteiger charge is 2.42. The van der Waals surface area contributed by atoms with Crippen molar-refractivity contribution in [2.45, 2.75) is 12.5 Å². The molecule has 0 saturated carbocycles. The number of rotatable bonds is 2. The summed E-state index contributed by atoms with van der Waals surface area (Å²) in [7, 11) is 3.34. The van der Waals surface area contributed by atoms with Crippen LogP contribution in [0.1, 0.15) is 12.5 Å². The predicted octanol–water partition coefficient (Wildman–Crippen LogP) is 1.99. The lowest BCUT2D eigenvalue weighted by Gasteiger charge is -2.23. The van der Waals surface area contributed by atoms with Gasteiger partial charge in [0.05, 0.1) is 13.7 Å². The van der Waals surface area contributed by atoms with Gasteiger partial charge in [0.2, 0.25) is 0 Å². The van der Waals surface area contributed by atoms with Gasteiger partial charge in [-0.2, -0.15) is 0 Å². The van der Waals surface area contributed by atoms with Gasteiger partial charge in [-0.1, -0.05) is 18.2 Å². The number of carbonyl (C=O) groups excluding carboxylic acids is 1. The highest BCUT2D eigenvalue weighted by atomic mass is 16.6. The molecule has 16 heavy (non-hydrogen) atoms. The predicted molar refractivity (Wildman–Crippen MR) is 59.5 cm³/mol. The van der Waals surface area contributed by atoms with E-state index in [1.54, 1.807) is 19.1 Å². The maximum Gasteiger partial charge on any atom is 0.410 e. The van der Waals surface area contributed by atoms with Gasteiger partial charge >= 0.3 is 6.09 Å². The van der Waals surface area contributed by atoms with Crippen molar-refractivity contribution in [1.29, 1.82) is 0 Å². The number of amides is 1. The summed E-state index contributed by atoms with van der Waals surface area (Å²) in [6, 6.07) is 7.60. The van der Waals surface area contributed by atoms with Gasteiger partial charge in [-0.25, -0.2) is 4.79 Å². The van der Waals surface area contributed by atoms with E-state index in [2.05, 4.69) is 0 Å². The summed E-state index contributed by atoms with van der Waals surface area (Å²) in [5, 5.41) is 0. The minimum Gasteiger partial charge on any atom is -0.496 e.